The maximum atomic E-state index is 10.5. The summed E-state index contributed by atoms with van der Waals surface area (Å²) in [5.41, 5.74) is 1.55. The van der Waals surface area contributed by atoms with Crippen LogP contribution in [0.1, 0.15) is 16.7 Å². The first-order valence-electron chi connectivity index (χ1n) is 4.22. The molecule has 5 nitrogen and oxygen atoms in total. The normalized spacial score (nSPS) is 12.5. The number of hydrogen-bond acceptors (Lipinski definition) is 4. The van der Waals surface area contributed by atoms with E-state index in [0.717, 1.165) is 0 Å². The van der Waals surface area contributed by atoms with Crippen LogP contribution < -0.4 is 4.18 Å². The second-order valence-corrected chi connectivity index (χ2v) is 3.56. The molecule has 0 aromatic heterocycles. The second-order valence-electron chi connectivity index (χ2n) is 2.95. The molecular weight excluding hydrogens is 220 g/mol. The minimum Gasteiger partial charge on any atom is -0.392 e. The van der Waals surface area contributed by atoms with E-state index in [0.29, 0.717) is 16.7 Å². The van der Waals surface area contributed by atoms with Gasteiger partial charge in [-0.1, -0.05) is 12.1 Å². The van der Waals surface area contributed by atoms with Gasteiger partial charge in [-0.05, 0) is 18.1 Å². The van der Waals surface area contributed by atoms with Crippen LogP contribution in [0, 0.1) is 6.92 Å². The highest BCUT2D eigenvalue weighted by Gasteiger charge is 2.12. The lowest BCUT2D eigenvalue weighted by Gasteiger charge is -2.12. The Bertz CT molecular complexity index is 377. The predicted octanol–water partition coefficient (Wildman–Crippen LogP) is 0.495. The zero-order valence-electron chi connectivity index (χ0n) is 8.14. The van der Waals surface area contributed by atoms with Gasteiger partial charge in [-0.3, -0.25) is 4.55 Å². The van der Waals surface area contributed by atoms with Crippen molar-refractivity contribution in [3.8, 4) is 5.75 Å². The van der Waals surface area contributed by atoms with Gasteiger partial charge in [0.2, 0.25) is 0 Å². The van der Waals surface area contributed by atoms with Gasteiger partial charge < -0.3 is 14.4 Å². The van der Waals surface area contributed by atoms with Crippen LogP contribution in [0.15, 0.2) is 12.1 Å². The molecule has 0 aliphatic carbocycles. The van der Waals surface area contributed by atoms with E-state index in [2.05, 4.69) is 4.18 Å². The zero-order valence-corrected chi connectivity index (χ0v) is 8.95. The van der Waals surface area contributed by atoms with Gasteiger partial charge in [-0.25, -0.2) is 0 Å². The first kappa shape index (κ1) is 12.1. The molecule has 6 heteroatoms. The number of hydrogen-bond donors (Lipinski definition) is 3. The Hall–Kier alpha value is -0.950. The molecule has 15 heavy (non-hydrogen) atoms. The predicted molar refractivity (Wildman–Crippen MR) is 54.4 cm³/mol. The summed E-state index contributed by atoms with van der Waals surface area (Å²) in [5, 5.41) is 18.0. The fourth-order valence-corrected chi connectivity index (χ4v) is 1.65. The average Bonchev–Trinajstić information content (AvgIpc) is 2.20. The fourth-order valence-electron chi connectivity index (χ4n) is 1.27. The van der Waals surface area contributed by atoms with E-state index in [1.54, 1.807) is 19.1 Å². The Kier molecular flexibility index (Phi) is 4.22. The Balaban J connectivity index is 3.22. The smallest absolute Gasteiger partial charge is 0.357 e. The Morgan fingerprint density at radius 3 is 2.27 bits per heavy atom. The molecule has 1 aromatic rings. The van der Waals surface area contributed by atoms with Crippen LogP contribution in [0.4, 0.5) is 0 Å². The van der Waals surface area contributed by atoms with Gasteiger partial charge in [-0.15, -0.1) is 0 Å². The third-order valence-corrected chi connectivity index (χ3v) is 2.40. The molecule has 84 valence electrons. The maximum absolute atomic E-state index is 10.5. The van der Waals surface area contributed by atoms with Gasteiger partial charge >= 0.3 is 11.4 Å². The number of aliphatic hydroxyl groups excluding tert-OH is 2. The van der Waals surface area contributed by atoms with Crippen LogP contribution in [-0.2, 0) is 24.6 Å². The monoisotopic (exact) mass is 232 g/mol. The van der Waals surface area contributed by atoms with Gasteiger partial charge in [0.25, 0.3) is 0 Å². The average molecular weight is 232 g/mol. The van der Waals surface area contributed by atoms with Crippen molar-refractivity contribution in [1.82, 2.24) is 0 Å². The van der Waals surface area contributed by atoms with E-state index in [9.17, 15) is 4.21 Å². The zero-order chi connectivity index (χ0) is 11.4. The van der Waals surface area contributed by atoms with E-state index >= 15 is 0 Å². The third kappa shape index (κ3) is 2.75. The van der Waals surface area contributed by atoms with Gasteiger partial charge in [0.05, 0.1) is 13.2 Å². The lowest BCUT2D eigenvalue weighted by atomic mass is 10.0. The molecular formula is C9H12O5S. The molecule has 0 heterocycles. The highest BCUT2D eigenvalue weighted by atomic mass is 32.2. The number of aliphatic hydroxyl groups is 2. The van der Waals surface area contributed by atoms with Crippen LogP contribution in [0.25, 0.3) is 0 Å². The molecule has 0 fully saturated rings. The molecule has 0 bridgehead atoms. The molecule has 1 unspecified atom stereocenters. The topological polar surface area (TPSA) is 87.0 Å². The summed E-state index contributed by atoms with van der Waals surface area (Å²) in [6.45, 7) is 1.16. The Morgan fingerprint density at radius 2 is 1.80 bits per heavy atom. The van der Waals surface area contributed by atoms with Crippen molar-refractivity contribution < 1.29 is 23.2 Å². The molecule has 0 saturated carbocycles. The molecule has 1 aromatic carbocycles. The fraction of sp³-hybridized carbons (Fsp3) is 0.333. The van der Waals surface area contributed by atoms with E-state index in [1.165, 1.54) is 0 Å². The van der Waals surface area contributed by atoms with Crippen molar-refractivity contribution >= 4 is 11.4 Å². The van der Waals surface area contributed by atoms with Crippen molar-refractivity contribution in [2.45, 2.75) is 20.1 Å². The molecule has 0 amide bonds. The summed E-state index contributed by atoms with van der Waals surface area (Å²) in [6.07, 6.45) is 0. The van der Waals surface area contributed by atoms with E-state index < -0.39 is 11.4 Å². The summed E-state index contributed by atoms with van der Waals surface area (Å²) in [5.74, 6) is 0.143. The van der Waals surface area contributed by atoms with Gasteiger partial charge in [-0.2, -0.15) is 4.21 Å². The van der Waals surface area contributed by atoms with Crippen LogP contribution >= 0.6 is 0 Å². The van der Waals surface area contributed by atoms with E-state index in [-0.39, 0.29) is 19.0 Å². The van der Waals surface area contributed by atoms with Crippen LogP contribution in [-0.4, -0.2) is 19.0 Å². The summed E-state index contributed by atoms with van der Waals surface area (Å²) in [6, 6.07) is 3.18. The SMILES string of the molecule is Cc1c(CO)ccc(CO)c1OS(=O)O. The molecule has 1 atom stereocenters. The van der Waals surface area contributed by atoms with Gasteiger partial charge in [0.1, 0.15) is 0 Å². The summed E-state index contributed by atoms with van der Waals surface area (Å²) in [7, 11) is 0. The standard InChI is InChI=1S/C9H12O5S/c1-6-7(4-10)2-3-8(5-11)9(6)14-15(12)13/h2-3,10-11H,4-5H2,1H3,(H,12,13). The van der Waals surface area contributed by atoms with Crippen molar-refractivity contribution in [1.29, 1.82) is 0 Å². The highest BCUT2D eigenvalue weighted by Crippen LogP contribution is 2.27. The third-order valence-electron chi connectivity index (χ3n) is 2.09. The summed E-state index contributed by atoms with van der Waals surface area (Å²) >= 11 is -2.44. The number of rotatable bonds is 4. The summed E-state index contributed by atoms with van der Waals surface area (Å²) in [4.78, 5) is 0. The van der Waals surface area contributed by atoms with E-state index in [4.69, 9.17) is 14.8 Å². The lowest BCUT2D eigenvalue weighted by molar-refractivity contribution is 0.274. The quantitative estimate of drug-likeness (QED) is 0.658. The van der Waals surface area contributed by atoms with Crippen molar-refractivity contribution in [3.63, 3.8) is 0 Å². The maximum Gasteiger partial charge on any atom is 0.357 e. The van der Waals surface area contributed by atoms with E-state index in [1.807, 2.05) is 0 Å². The van der Waals surface area contributed by atoms with Crippen LogP contribution in [0.3, 0.4) is 0 Å². The second kappa shape index (κ2) is 5.22. The van der Waals surface area contributed by atoms with Crippen molar-refractivity contribution in [2.75, 3.05) is 0 Å². The first-order chi connectivity index (χ1) is 7.10. The first-order valence-corrected chi connectivity index (χ1v) is 5.25. The van der Waals surface area contributed by atoms with Gasteiger partial charge in [0.15, 0.2) is 5.75 Å². The lowest BCUT2D eigenvalue weighted by Crippen LogP contribution is -2.04. The summed E-state index contributed by atoms with van der Waals surface area (Å²) < 4.78 is 23.8. The minimum atomic E-state index is -2.44. The van der Waals surface area contributed by atoms with Crippen molar-refractivity contribution in [2.24, 2.45) is 0 Å². The number of benzene rings is 1. The van der Waals surface area contributed by atoms with Gasteiger partial charge in [0, 0.05) is 5.56 Å². The van der Waals surface area contributed by atoms with Crippen LogP contribution in [0.5, 0.6) is 5.75 Å². The molecule has 0 radical (unpaired) electrons. The van der Waals surface area contributed by atoms with Crippen LogP contribution in [0.2, 0.25) is 0 Å². The van der Waals surface area contributed by atoms with Crippen molar-refractivity contribution in [3.05, 3.63) is 28.8 Å². The highest BCUT2D eigenvalue weighted by molar-refractivity contribution is 7.74. The minimum absolute atomic E-state index is 0.143. The largest absolute Gasteiger partial charge is 0.392 e. The Morgan fingerprint density at radius 1 is 1.27 bits per heavy atom. The molecule has 0 spiro atoms. The molecule has 0 saturated heterocycles. The molecule has 0 aliphatic rings. The molecule has 3 N–H and O–H groups in total. The molecule has 0 aliphatic heterocycles. The molecule has 1 rings (SSSR count). The Labute approximate surface area is 89.8 Å².